The van der Waals surface area contributed by atoms with E-state index >= 15 is 0 Å². The highest BCUT2D eigenvalue weighted by Crippen LogP contribution is 2.44. The van der Waals surface area contributed by atoms with Crippen LogP contribution in [-0.4, -0.2) is 41.2 Å². The second-order valence-electron chi connectivity index (χ2n) is 8.55. The smallest absolute Gasteiger partial charge is 0.301 e. The fraction of sp³-hybridized carbons (Fsp3) is 0.143. The summed E-state index contributed by atoms with van der Waals surface area (Å²) >= 11 is 14.8. The summed E-state index contributed by atoms with van der Waals surface area (Å²) in [5.41, 5.74) is 1.72. The van der Waals surface area contributed by atoms with Crippen LogP contribution in [0.3, 0.4) is 0 Å². The topological polar surface area (TPSA) is 102 Å². The predicted molar refractivity (Wildman–Crippen MR) is 157 cm³/mol. The highest BCUT2D eigenvalue weighted by molar-refractivity contribution is 8.00. The van der Waals surface area contributed by atoms with Gasteiger partial charge in [0.15, 0.2) is 4.34 Å². The molecule has 0 aliphatic carbocycles. The third-order valence-corrected chi connectivity index (χ3v) is 8.88. The lowest BCUT2D eigenvalue weighted by Gasteiger charge is -2.23. The van der Waals surface area contributed by atoms with Crippen LogP contribution < -0.4 is 14.4 Å². The Hall–Kier alpha value is -3.57. The van der Waals surface area contributed by atoms with Crippen LogP contribution in [0.4, 0.5) is 5.13 Å². The average Bonchev–Trinajstić information content (AvgIpc) is 3.54. The van der Waals surface area contributed by atoms with Gasteiger partial charge in [-0.3, -0.25) is 14.5 Å². The van der Waals surface area contributed by atoms with Gasteiger partial charge in [-0.15, -0.1) is 10.2 Å². The molecule has 1 amide bonds. The molecule has 2 heterocycles. The van der Waals surface area contributed by atoms with Crippen LogP contribution in [0.5, 0.6) is 11.5 Å². The Kier molecular flexibility index (Phi) is 8.32. The monoisotopic (exact) mass is 613 g/mol. The fourth-order valence-electron chi connectivity index (χ4n) is 4.20. The van der Waals surface area contributed by atoms with Gasteiger partial charge in [-0.05, 0) is 59.7 Å². The zero-order valence-corrected chi connectivity index (χ0v) is 24.3. The molecular formula is C28H21Cl2N3O5S2. The fourth-order valence-corrected chi connectivity index (χ4v) is 6.62. The predicted octanol–water partition coefficient (Wildman–Crippen LogP) is 6.78. The molecule has 3 aromatic carbocycles. The third kappa shape index (κ3) is 5.53. The number of halogens is 2. The van der Waals surface area contributed by atoms with E-state index in [2.05, 4.69) is 10.2 Å². The Morgan fingerprint density at radius 2 is 1.75 bits per heavy atom. The minimum atomic E-state index is -0.964. The van der Waals surface area contributed by atoms with Crippen LogP contribution in [0.1, 0.15) is 22.7 Å². The molecule has 204 valence electrons. The van der Waals surface area contributed by atoms with E-state index in [1.807, 2.05) is 6.07 Å². The molecule has 1 aliphatic rings. The maximum absolute atomic E-state index is 13.4. The van der Waals surface area contributed by atoms with E-state index in [-0.39, 0.29) is 16.5 Å². The van der Waals surface area contributed by atoms with Gasteiger partial charge in [0, 0.05) is 21.4 Å². The number of amides is 1. The van der Waals surface area contributed by atoms with Crippen LogP contribution in [0.2, 0.25) is 10.0 Å². The third-order valence-electron chi connectivity index (χ3n) is 6.19. The van der Waals surface area contributed by atoms with Gasteiger partial charge in [0.1, 0.15) is 17.3 Å². The lowest BCUT2D eigenvalue weighted by molar-refractivity contribution is -0.132. The first-order valence-corrected chi connectivity index (χ1v) is 14.4. The van der Waals surface area contributed by atoms with Crippen molar-refractivity contribution in [2.45, 2.75) is 16.1 Å². The number of ether oxygens (including phenoxy) is 2. The minimum absolute atomic E-state index is 0.0687. The second kappa shape index (κ2) is 11.9. The lowest BCUT2D eigenvalue weighted by Crippen LogP contribution is -2.29. The summed E-state index contributed by atoms with van der Waals surface area (Å²) in [6.07, 6.45) is 0. The average molecular weight is 615 g/mol. The van der Waals surface area contributed by atoms with Crippen LogP contribution >= 0.6 is 46.3 Å². The number of Topliss-reactive ketones (excluding diaryl/α,β-unsaturated/α-hetero) is 1. The first kappa shape index (κ1) is 28.0. The SMILES string of the molecule is COc1ccc(/C(O)=C2/C(=O)C(=O)N(c3nnc(SCc4ccc(Cl)cc4Cl)s3)C2c2cccc(OC)c2)cc1. The second-order valence-corrected chi connectivity index (χ2v) is 11.6. The standard InChI is InChI=1S/C28H21Cl2N3O5S2/c1-37-19-10-7-15(8-11-19)24(34)22-23(16-4-3-5-20(12-16)38-2)33(26(36)25(22)35)27-31-32-28(40-27)39-14-17-6-9-18(29)13-21(17)30/h3-13,23,34H,14H2,1-2H3/b24-22-. The van der Waals surface area contributed by atoms with Gasteiger partial charge in [0.05, 0.1) is 25.8 Å². The minimum Gasteiger partial charge on any atom is -0.507 e. The molecule has 0 spiro atoms. The van der Waals surface area contributed by atoms with Crippen LogP contribution in [0.25, 0.3) is 5.76 Å². The molecule has 1 aromatic heterocycles. The van der Waals surface area contributed by atoms with E-state index in [0.29, 0.717) is 42.8 Å². The van der Waals surface area contributed by atoms with Crippen molar-refractivity contribution in [3.05, 3.63) is 99.0 Å². The summed E-state index contributed by atoms with van der Waals surface area (Å²) in [6, 6.07) is 17.8. The zero-order chi connectivity index (χ0) is 28.4. The molecule has 0 saturated carbocycles. The summed E-state index contributed by atoms with van der Waals surface area (Å²) in [6.45, 7) is 0. The number of aromatic nitrogens is 2. The van der Waals surface area contributed by atoms with Crippen LogP contribution in [0.15, 0.2) is 76.6 Å². The van der Waals surface area contributed by atoms with Gasteiger partial charge in [-0.2, -0.15) is 0 Å². The summed E-state index contributed by atoms with van der Waals surface area (Å²) in [5.74, 6) is -0.358. The van der Waals surface area contributed by atoms with Crippen molar-refractivity contribution >= 4 is 68.9 Å². The number of carbonyl (C=O) groups excluding carboxylic acids is 2. The number of benzene rings is 3. The number of anilines is 1. The van der Waals surface area contributed by atoms with Gasteiger partial charge in [-0.25, -0.2) is 0 Å². The Balaban J connectivity index is 1.54. The van der Waals surface area contributed by atoms with Crippen molar-refractivity contribution in [1.82, 2.24) is 10.2 Å². The highest BCUT2D eigenvalue weighted by atomic mass is 35.5. The van der Waals surface area contributed by atoms with Gasteiger partial charge in [-0.1, -0.05) is 64.5 Å². The number of methoxy groups -OCH3 is 2. The molecule has 0 radical (unpaired) electrons. The lowest BCUT2D eigenvalue weighted by atomic mass is 9.95. The molecule has 1 saturated heterocycles. The number of rotatable bonds is 8. The summed E-state index contributed by atoms with van der Waals surface area (Å²) in [7, 11) is 3.05. The van der Waals surface area contributed by atoms with Crippen molar-refractivity contribution in [1.29, 1.82) is 0 Å². The Morgan fingerprint density at radius 1 is 1.00 bits per heavy atom. The normalized spacial score (nSPS) is 16.4. The molecule has 1 N–H and O–H groups in total. The summed E-state index contributed by atoms with van der Waals surface area (Å²) in [5, 5.41) is 21.1. The Morgan fingerprint density at radius 3 is 2.45 bits per heavy atom. The van der Waals surface area contributed by atoms with Gasteiger partial charge in [0.2, 0.25) is 5.13 Å². The summed E-state index contributed by atoms with van der Waals surface area (Å²) in [4.78, 5) is 28.1. The number of hydrogen-bond acceptors (Lipinski definition) is 9. The Labute approximate surface area is 248 Å². The molecule has 1 atom stereocenters. The van der Waals surface area contributed by atoms with E-state index in [4.69, 9.17) is 32.7 Å². The van der Waals surface area contributed by atoms with Crippen molar-refractivity contribution < 1.29 is 24.2 Å². The van der Waals surface area contributed by atoms with Crippen molar-refractivity contribution in [2.75, 3.05) is 19.1 Å². The maximum Gasteiger partial charge on any atom is 0.301 e. The Bertz CT molecular complexity index is 1620. The van der Waals surface area contributed by atoms with E-state index in [0.717, 1.165) is 16.9 Å². The largest absolute Gasteiger partial charge is 0.507 e. The number of hydrogen-bond donors (Lipinski definition) is 1. The van der Waals surface area contributed by atoms with E-state index < -0.39 is 17.7 Å². The van der Waals surface area contributed by atoms with Gasteiger partial charge in [0.25, 0.3) is 5.78 Å². The molecule has 5 rings (SSSR count). The van der Waals surface area contributed by atoms with E-state index in [1.165, 1.54) is 30.9 Å². The molecule has 12 heteroatoms. The van der Waals surface area contributed by atoms with Crippen molar-refractivity contribution in [2.24, 2.45) is 0 Å². The molecule has 1 fully saturated rings. The maximum atomic E-state index is 13.4. The molecule has 40 heavy (non-hydrogen) atoms. The molecule has 4 aromatic rings. The number of ketones is 1. The van der Waals surface area contributed by atoms with Crippen molar-refractivity contribution in [3.8, 4) is 11.5 Å². The molecule has 1 unspecified atom stereocenters. The number of aliphatic hydroxyl groups excluding tert-OH is 1. The molecule has 0 bridgehead atoms. The zero-order valence-electron chi connectivity index (χ0n) is 21.1. The van der Waals surface area contributed by atoms with Gasteiger partial charge >= 0.3 is 5.91 Å². The first-order valence-electron chi connectivity index (χ1n) is 11.8. The number of thioether (sulfide) groups is 1. The van der Waals surface area contributed by atoms with Crippen molar-refractivity contribution in [3.63, 3.8) is 0 Å². The summed E-state index contributed by atoms with van der Waals surface area (Å²) < 4.78 is 11.1. The van der Waals surface area contributed by atoms with Crippen LogP contribution in [0, 0.1) is 0 Å². The van der Waals surface area contributed by atoms with E-state index in [1.54, 1.807) is 60.7 Å². The first-order chi connectivity index (χ1) is 19.3. The molecular weight excluding hydrogens is 593 g/mol. The van der Waals surface area contributed by atoms with Crippen LogP contribution in [-0.2, 0) is 15.3 Å². The number of aliphatic hydroxyl groups is 1. The molecule has 1 aliphatic heterocycles. The number of nitrogens with zero attached hydrogens (tertiary/aromatic N) is 3. The quantitative estimate of drug-likeness (QED) is 0.0762. The highest BCUT2D eigenvalue weighted by Gasteiger charge is 2.48. The van der Waals surface area contributed by atoms with Gasteiger partial charge < -0.3 is 14.6 Å². The van der Waals surface area contributed by atoms with E-state index in [9.17, 15) is 14.7 Å². The number of carbonyl (C=O) groups is 2. The molecule has 8 nitrogen and oxygen atoms in total.